The van der Waals surface area contributed by atoms with Crippen molar-refractivity contribution in [3.8, 4) is 5.69 Å². The van der Waals surface area contributed by atoms with Gasteiger partial charge in [0.15, 0.2) is 0 Å². The van der Waals surface area contributed by atoms with Gasteiger partial charge in [-0.05, 0) is 49.1 Å². The molecule has 0 saturated heterocycles. The molecule has 1 aliphatic carbocycles. The number of nitrogens with zero attached hydrogens (tertiary/aromatic N) is 2. The van der Waals surface area contributed by atoms with Gasteiger partial charge in [-0.25, -0.2) is 9.37 Å². The van der Waals surface area contributed by atoms with Crippen molar-refractivity contribution < 1.29 is 9.18 Å². The summed E-state index contributed by atoms with van der Waals surface area (Å²) >= 11 is 5.38. The van der Waals surface area contributed by atoms with Crippen LogP contribution in [0.25, 0.3) is 5.69 Å². The first kappa shape index (κ1) is 12.4. The first-order valence-corrected chi connectivity index (χ1v) is 6.48. The first-order chi connectivity index (χ1) is 9.06. The van der Waals surface area contributed by atoms with E-state index < -0.39 is 11.1 Å². The Morgan fingerprint density at radius 3 is 2.84 bits per heavy atom. The van der Waals surface area contributed by atoms with E-state index in [2.05, 4.69) is 4.98 Å². The number of rotatable bonds is 3. The molecular weight excluding hydrogens is 267 g/mol. The van der Waals surface area contributed by atoms with E-state index in [4.69, 9.17) is 11.6 Å². The van der Waals surface area contributed by atoms with E-state index in [0.29, 0.717) is 5.92 Å². The third kappa shape index (κ3) is 2.28. The van der Waals surface area contributed by atoms with Gasteiger partial charge in [-0.3, -0.25) is 4.79 Å². The maximum atomic E-state index is 13.6. The van der Waals surface area contributed by atoms with Crippen molar-refractivity contribution in [3.05, 3.63) is 47.3 Å². The van der Waals surface area contributed by atoms with Crippen LogP contribution in [0.4, 0.5) is 4.39 Å². The number of hydrogen-bond acceptors (Lipinski definition) is 2. The van der Waals surface area contributed by atoms with Gasteiger partial charge in [0.2, 0.25) is 0 Å². The largest absolute Gasteiger partial charge is 0.306 e. The Labute approximate surface area is 115 Å². The third-order valence-electron chi connectivity index (χ3n) is 3.37. The molecule has 0 bridgehead atoms. The predicted molar refractivity (Wildman–Crippen MR) is 70.4 cm³/mol. The lowest BCUT2D eigenvalue weighted by Crippen LogP contribution is -2.01. The van der Waals surface area contributed by atoms with Gasteiger partial charge in [0, 0.05) is 12.1 Å². The van der Waals surface area contributed by atoms with E-state index in [1.807, 2.05) is 10.8 Å². The number of aromatic nitrogens is 2. The molecule has 5 heteroatoms. The summed E-state index contributed by atoms with van der Waals surface area (Å²) in [6.07, 6.45) is 5.96. The molecule has 0 atom stereocenters. The monoisotopic (exact) mass is 278 g/mol. The Morgan fingerprint density at radius 1 is 1.47 bits per heavy atom. The Bertz CT molecular complexity index is 661. The van der Waals surface area contributed by atoms with Crippen LogP contribution in [-0.4, -0.2) is 14.8 Å². The van der Waals surface area contributed by atoms with Gasteiger partial charge in [-0.15, -0.1) is 0 Å². The second-order valence-electron chi connectivity index (χ2n) is 4.87. The average Bonchev–Trinajstić information content (AvgIpc) is 3.08. The predicted octanol–water partition coefficient (Wildman–Crippen LogP) is 3.58. The number of aryl methyl sites for hydroxylation is 1. The van der Waals surface area contributed by atoms with Crippen molar-refractivity contribution in [2.45, 2.75) is 25.7 Å². The van der Waals surface area contributed by atoms with Crippen LogP contribution >= 0.6 is 11.6 Å². The maximum absolute atomic E-state index is 13.6. The van der Waals surface area contributed by atoms with Gasteiger partial charge in [-0.2, -0.15) is 0 Å². The van der Waals surface area contributed by atoms with E-state index in [9.17, 15) is 9.18 Å². The molecule has 0 radical (unpaired) electrons. The highest BCUT2D eigenvalue weighted by atomic mass is 35.5. The van der Waals surface area contributed by atoms with Gasteiger partial charge < -0.3 is 4.57 Å². The van der Waals surface area contributed by atoms with Crippen molar-refractivity contribution >= 4 is 16.8 Å². The molecule has 0 amide bonds. The molecule has 19 heavy (non-hydrogen) atoms. The molecule has 3 nitrogen and oxygen atoms in total. The standard InChI is InChI=1S/C14H12ClFN2O/c1-8-4-11(16)10(14(15)19)5-13(8)18-6-12(17-7-18)9-2-3-9/h4-7,9H,2-3H2,1H3. The number of carbonyl (C=O) groups excluding carboxylic acids is 1. The van der Waals surface area contributed by atoms with Crippen LogP contribution in [0.1, 0.15) is 40.4 Å². The molecule has 0 N–H and O–H groups in total. The lowest BCUT2D eigenvalue weighted by molar-refractivity contribution is 0.107. The molecule has 0 aliphatic heterocycles. The quantitative estimate of drug-likeness (QED) is 0.805. The molecular formula is C14H12ClFN2O. The molecule has 98 valence electrons. The Balaban J connectivity index is 2.07. The van der Waals surface area contributed by atoms with Gasteiger partial charge >= 0.3 is 0 Å². The number of carbonyl (C=O) groups is 1. The fraction of sp³-hybridized carbons (Fsp3) is 0.286. The molecule has 1 aliphatic rings. The van der Waals surface area contributed by atoms with E-state index in [-0.39, 0.29) is 5.56 Å². The molecule has 3 rings (SSSR count). The summed E-state index contributed by atoms with van der Waals surface area (Å²) in [4.78, 5) is 15.5. The molecule has 1 aromatic carbocycles. The Morgan fingerprint density at radius 2 is 2.21 bits per heavy atom. The van der Waals surface area contributed by atoms with Crippen LogP contribution in [0.3, 0.4) is 0 Å². The fourth-order valence-electron chi connectivity index (χ4n) is 2.15. The van der Waals surface area contributed by atoms with E-state index in [1.165, 1.54) is 25.0 Å². The average molecular weight is 279 g/mol. The summed E-state index contributed by atoms with van der Waals surface area (Å²) in [6, 6.07) is 2.79. The van der Waals surface area contributed by atoms with E-state index >= 15 is 0 Å². The van der Waals surface area contributed by atoms with Gasteiger partial charge in [0.1, 0.15) is 5.82 Å². The van der Waals surface area contributed by atoms with Crippen molar-refractivity contribution in [3.63, 3.8) is 0 Å². The summed E-state index contributed by atoms with van der Waals surface area (Å²) in [6.45, 7) is 1.79. The summed E-state index contributed by atoms with van der Waals surface area (Å²) < 4.78 is 15.4. The molecule has 2 aromatic rings. The smallest absolute Gasteiger partial charge is 0.255 e. The molecule has 1 saturated carbocycles. The minimum Gasteiger partial charge on any atom is -0.306 e. The second kappa shape index (κ2) is 4.46. The SMILES string of the molecule is Cc1cc(F)c(C(=O)Cl)cc1-n1cnc(C2CC2)c1. The first-order valence-electron chi connectivity index (χ1n) is 6.10. The van der Waals surface area contributed by atoms with Gasteiger partial charge in [0.05, 0.1) is 23.3 Å². The van der Waals surface area contributed by atoms with Crippen molar-refractivity contribution in [1.82, 2.24) is 9.55 Å². The fourth-order valence-corrected chi connectivity index (χ4v) is 2.29. The highest BCUT2D eigenvalue weighted by molar-refractivity contribution is 6.67. The van der Waals surface area contributed by atoms with E-state index in [0.717, 1.165) is 16.9 Å². The number of hydrogen-bond donors (Lipinski definition) is 0. The highest BCUT2D eigenvalue weighted by Crippen LogP contribution is 2.39. The minimum absolute atomic E-state index is 0.107. The van der Waals surface area contributed by atoms with Crippen molar-refractivity contribution in [1.29, 1.82) is 0 Å². The van der Waals surface area contributed by atoms with Crippen LogP contribution in [0, 0.1) is 12.7 Å². The van der Waals surface area contributed by atoms with Crippen molar-refractivity contribution in [2.24, 2.45) is 0 Å². The summed E-state index contributed by atoms with van der Waals surface area (Å²) in [5.74, 6) is -0.0417. The normalized spacial score (nSPS) is 14.7. The second-order valence-corrected chi connectivity index (χ2v) is 5.22. The molecule has 0 spiro atoms. The van der Waals surface area contributed by atoms with E-state index in [1.54, 1.807) is 13.3 Å². The zero-order chi connectivity index (χ0) is 13.6. The zero-order valence-electron chi connectivity index (χ0n) is 10.4. The number of halogens is 2. The summed E-state index contributed by atoms with van der Waals surface area (Å²) in [5.41, 5.74) is 2.40. The van der Waals surface area contributed by atoms with Crippen LogP contribution in [0.15, 0.2) is 24.7 Å². The number of benzene rings is 1. The van der Waals surface area contributed by atoms with Crippen LogP contribution in [0.2, 0.25) is 0 Å². The van der Waals surface area contributed by atoms with Gasteiger partial charge in [-0.1, -0.05) is 0 Å². The highest BCUT2D eigenvalue weighted by Gasteiger charge is 2.26. The molecule has 1 heterocycles. The van der Waals surface area contributed by atoms with Crippen LogP contribution in [-0.2, 0) is 0 Å². The molecule has 0 unspecified atom stereocenters. The van der Waals surface area contributed by atoms with Gasteiger partial charge in [0.25, 0.3) is 5.24 Å². The zero-order valence-corrected chi connectivity index (χ0v) is 11.1. The maximum Gasteiger partial charge on any atom is 0.255 e. The summed E-state index contributed by atoms with van der Waals surface area (Å²) in [7, 11) is 0. The molecule has 1 aromatic heterocycles. The third-order valence-corrected chi connectivity index (χ3v) is 3.58. The van der Waals surface area contributed by atoms with Crippen molar-refractivity contribution in [2.75, 3.05) is 0 Å². The topological polar surface area (TPSA) is 34.9 Å². The Kier molecular flexibility index (Phi) is 2.90. The van der Waals surface area contributed by atoms with Crippen LogP contribution in [0.5, 0.6) is 0 Å². The minimum atomic E-state index is -0.790. The lowest BCUT2D eigenvalue weighted by Gasteiger charge is -2.08. The van der Waals surface area contributed by atoms with Crippen LogP contribution < -0.4 is 0 Å². The summed E-state index contributed by atoms with van der Waals surface area (Å²) in [5, 5.41) is -0.790. The lowest BCUT2D eigenvalue weighted by atomic mass is 10.1. The molecule has 1 fully saturated rings. The Hall–Kier alpha value is -1.68. The number of imidazole rings is 1.